The van der Waals surface area contributed by atoms with Crippen molar-refractivity contribution in [1.82, 2.24) is 10.6 Å². The first-order chi connectivity index (χ1) is 20.6. The number of nitrogens with one attached hydrogen (secondary N) is 2. The lowest BCUT2D eigenvalue weighted by Gasteiger charge is -2.39. The van der Waals surface area contributed by atoms with Crippen LogP contribution in [0.5, 0.6) is 11.5 Å². The first kappa shape index (κ1) is 38.5. The zero-order chi connectivity index (χ0) is 34.5. The third kappa shape index (κ3) is 9.64. The Bertz CT molecular complexity index is 1270. The molecule has 0 unspecified atom stereocenters. The molecule has 0 spiro atoms. The standard InChI is InChI=1S/C31H52N2O9SSi2/c1-13-14-19-23(41-44(9,10)30(2,3)4)15-24(42-45(11,12)31(5,6)7)20-17-43-18-22(27(35)39-8)32-26(34)21(33-29(37)38)16-40-28(36)25(19)20/h15,21-22,33H,13-14,16-18H2,1-12H3,(H,32,34)(H,37,38)/t21-,22-/m0/s1. The number of amides is 2. The summed E-state index contributed by atoms with van der Waals surface area (Å²) in [4.78, 5) is 51.3. The van der Waals surface area contributed by atoms with Crippen molar-refractivity contribution >= 4 is 52.3 Å². The summed E-state index contributed by atoms with van der Waals surface area (Å²) in [5, 5.41) is 13.7. The molecule has 3 N–H and O–H groups in total. The molecule has 45 heavy (non-hydrogen) atoms. The average molecular weight is 685 g/mol. The molecular weight excluding hydrogens is 633 g/mol. The van der Waals surface area contributed by atoms with Crippen LogP contribution in [0.3, 0.4) is 0 Å². The van der Waals surface area contributed by atoms with Crippen LogP contribution in [-0.4, -0.2) is 77.2 Å². The molecular formula is C31H52N2O9SSi2. The van der Waals surface area contributed by atoms with Gasteiger partial charge in [0.25, 0.3) is 0 Å². The van der Waals surface area contributed by atoms with Crippen molar-refractivity contribution in [3.8, 4) is 11.5 Å². The van der Waals surface area contributed by atoms with Crippen LogP contribution >= 0.6 is 11.8 Å². The summed E-state index contributed by atoms with van der Waals surface area (Å²) in [5.41, 5.74) is 1.58. The number of carboxylic acid groups (broad SMARTS) is 1. The zero-order valence-corrected chi connectivity index (χ0v) is 31.7. The Balaban J connectivity index is 2.92. The largest absolute Gasteiger partial charge is 0.543 e. The van der Waals surface area contributed by atoms with Crippen LogP contribution in [-0.2, 0) is 31.2 Å². The molecule has 0 aliphatic carbocycles. The lowest BCUT2D eigenvalue weighted by atomic mass is 9.96. The highest BCUT2D eigenvalue weighted by Gasteiger charge is 2.43. The molecule has 0 saturated carbocycles. The molecule has 14 heteroatoms. The van der Waals surface area contributed by atoms with E-state index in [1.165, 1.54) is 18.9 Å². The van der Waals surface area contributed by atoms with E-state index in [2.05, 4.69) is 78.4 Å². The van der Waals surface area contributed by atoms with E-state index in [1.807, 2.05) is 13.0 Å². The number of cyclic esters (lactones) is 1. The molecule has 2 atom stereocenters. The van der Waals surface area contributed by atoms with Crippen LogP contribution < -0.4 is 19.5 Å². The van der Waals surface area contributed by atoms with Crippen molar-refractivity contribution in [2.45, 2.75) is 115 Å². The molecule has 0 radical (unpaired) electrons. The monoisotopic (exact) mass is 684 g/mol. The molecule has 1 aromatic rings. The number of rotatable bonds is 8. The van der Waals surface area contributed by atoms with E-state index in [9.17, 15) is 24.3 Å². The van der Waals surface area contributed by atoms with E-state index in [4.69, 9.17) is 18.3 Å². The van der Waals surface area contributed by atoms with Crippen molar-refractivity contribution in [1.29, 1.82) is 0 Å². The molecule has 1 aliphatic heterocycles. The summed E-state index contributed by atoms with van der Waals surface area (Å²) < 4.78 is 24.4. The second-order valence-electron chi connectivity index (χ2n) is 14.4. The van der Waals surface area contributed by atoms with Gasteiger partial charge in [-0.1, -0.05) is 54.9 Å². The number of benzene rings is 1. The van der Waals surface area contributed by atoms with Gasteiger partial charge in [-0.25, -0.2) is 14.4 Å². The van der Waals surface area contributed by atoms with E-state index < -0.39 is 59.3 Å². The molecule has 0 aromatic heterocycles. The van der Waals surface area contributed by atoms with Gasteiger partial charge in [-0.3, -0.25) is 4.79 Å². The molecule has 1 heterocycles. The minimum Gasteiger partial charge on any atom is -0.543 e. The Kier molecular flexibility index (Phi) is 12.6. The van der Waals surface area contributed by atoms with Crippen LogP contribution in [0, 0.1) is 0 Å². The molecule has 1 aromatic carbocycles. The third-order valence-corrected chi connectivity index (χ3v) is 18.6. The van der Waals surface area contributed by atoms with Gasteiger partial charge in [0.2, 0.25) is 22.5 Å². The SMILES string of the molecule is CCCc1c(O[Si](C)(C)C(C)(C)C)cc(O[Si](C)(C)C(C)(C)C)c2c1C(=O)OC[C@H](NC(=O)O)C(=O)N[C@H](C(=O)OC)CSC2. The molecule has 0 bridgehead atoms. The second kappa shape index (κ2) is 14.8. The Morgan fingerprint density at radius 2 is 1.60 bits per heavy atom. The normalized spacial score (nSPS) is 18.8. The summed E-state index contributed by atoms with van der Waals surface area (Å²) in [7, 11) is -3.62. The predicted octanol–water partition coefficient (Wildman–Crippen LogP) is 6.10. The molecule has 2 amide bonds. The van der Waals surface area contributed by atoms with Gasteiger partial charge in [0.05, 0.1) is 12.7 Å². The van der Waals surface area contributed by atoms with Crippen LogP contribution in [0.1, 0.15) is 76.4 Å². The fraction of sp³-hybridized carbons (Fsp3) is 0.677. The smallest absolute Gasteiger partial charge is 0.405 e. The van der Waals surface area contributed by atoms with Gasteiger partial charge in [0.15, 0.2) is 0 Å². The highest BCUT2D eigenvalue weighted by molar-refractivity contribution is 7.98. The minimum atomic E-state index is -2.44. The van der Waals surface area contributed by atoms with Gasteiger partial charge >= 0.3 is 18.0 Å². The quantitative estimate of drug-likeness (QED) is 0.216. The van der Waals surface area contributed by atoms with E-state index in [0.29, 0.717) is 41.0 Å². The van der Waals surface area contributed by atoms with Crippen molar-refractivity contribution in [2.24, 2.45) is 0 Å². The number of hydrogen-bond acceptors (Lipinski definition) is 9. The first-order valence-electron chi connectivity index (χ1n) is 15.3. The lowest BCUT2D eigenvalue weighted by molar-refractivity contribution is -0.144. The third-order valence-electron chi connectivity index (χ3n) is 8.84. The van der Waals surface area contributed by atoms with E-state index >= 15 is 0 Å². The van der Waals surface area contributed by atoms with Crippen molar-refractivity contribution in [3.05, 3.63) is 22.8 Å². The van der Waals surface area contributed by atoms with Gasteiger partial charge in [-0.2, -0.15) is 11.8 Å². The minimum absolute atomic E-state index is 0.109. The number of carbonyl (C=O) groups excluding carboxylic acids is 3. The Morgan fingerprint density at radius 3 is 2.09 bits per heavy atom. The summed E-state index contributed by atoms with van der Waals surface area (Å²) in [6.07, 6.45) is -0.266. The topological polar surface area (TPSA) is 149 Å². The highest BCUT2D eigenvalue weighted by Crippen LogP contribution is 2.45. The van der Waals surface area contributed by atoms with Crippen molar-refractivity contribution in [3.63, 3.8) is 0 Å². The molecule has 11 nitrogen and oxygen atoms in total. The van der Waals surface area contributed by atoms with Gasteiger partial charge in [0.1, 0.15) is 30.2 Å². The number of esters is 2. The van der Waals surface area contributed by atoms with Gasteiger partial charge in [-0.05, 0) is 42.7 Å². The van der Waals surface area contributed by atoms with Crippen LogP contribution in [0.25, 0.3) is 0 Å². The maximum Gasteiger partial charge on any atom is 0.405 e. The fourth-order valence-corrected chi connectivity index (χ4v) is 7.21. The van der Waals surface area contributed by atoms with Gasteiger partial charge in [0, 0.05) is 28.7 Å². The van der Waals surface area contributed by atoms with Crippen LogP contribution in [0.4, 0.5) is 4.79 Å². The maximum atomic E-state index is 14.1. The van der Waals surface area contributed by atoms with Crippen LogP contribution in [0.15, 0.2) is 6.07 Å². The molecule has 2 rings (SSSR count). The average Bonchev–Trinajstić information content (AvgIpc) is 2.89. The lowest BCUT2D eigenvalue weighted by Crippen LogP contribution is -2.54. The second-order valence-corrected chi connectivity index (χ2v) is 24.9. The maximum absolute atomic E-state index is 14.1. The molecule has 254 valence electrons. The number of thioether (sulfide) groups is 1. The van der Waals surface area contributed by atoms with Gasteiger partial charge < -0.3 is 34.1 Å². The number of ether oxygens (including phenoxy) is 2. The number of carbonyl (C=O) groups is 4. The molecule has 0 fully saturated rings. The summed E-state index contributed by atoms with van der Waals surface area (Å²) in [6, 6.07) is -0.611. The van der Waals surface area contributed by atoms with Crippen molar-refractivity contribution < 1.29 is 42.6 Å². The summed E-state index contributed by atoms with van der Waals surface area (Å²) >= 11 is 1.32. The van der Waals surface area contributed by atoms with Crippen LogP contribution in [0.2, 0.25) is 36.3 Å². The van der Waals surface area contributed by atoms with E-state index in [0.717, 1.165) is 0 Å². The van der Waals surface area contributed by atoms with Gasteiger partial charge in [-0.15, -0.1) is 0 Å². The fourth-order valence-electron chi connectivity index (χ4n) is 4.07. The summed E-state index contributed by atoms with van der Waals surface area (Å²) in [5.74, 6) is -0.733. The van der Waals surface area contributed by atoms with Crippen molar-refractivity contribution in [2.75, 3.05) is 19.5 Å². The zero-order valence-electron chi connectivity index (χ0n) is 28.9. The van der Waals surface area contributed by atoms with E-state index in [-0.39, 0.29) is 21.6 Å². The highest BCUT2D eigenvalue weighted by atomic mass is 32.2. The first-order valence-corrected chi connectivity index (χ1v) is 22.2. The number of fused-ring (bicyclic) bond motifs is 1. The molecule has 1 aliphatic rings. The Morgan fingerprint density at radius 1 is 1.04 bits per heavy atom. The Labute approximate surface area is 274 Å². The summed E-state index contributed by atoms with van der Waals surface area (Å²) in [6.45, 7) is 22.8. The predicted molar refractivity (Wildman–Crippen MR) is 181 cm³/mol. The number of hydrogen-bond donors (Lipinski definition) is 3. The molecule has 0 saturated heterocycles. The van der Waals surface area contributed by atoms with E-state index in [1.54, 1.807) is 0 Å². The number of methoxy groups -OCH3 is 1. The Hall–Kier alpha value is -2.72.